The number of fused-ring (bicyclic) bond motifs is 1. The summed E-state index contributed by atoms with van der Waals surface area (Å²) in [5.41, 5.74) is 3.92. The molecule has 0 atom stereocenters. The summed E-state index contributed by atoms with van der Waals surface area (Å²) in [6, 6.07) is 19.8. The summed E-state index contributed by atoms with van der Waals surface area (Å²) in [5, 5.41) is 6.93. The summed E-state index contributed by atoms with van der Waals surface area (Å²) >= 11 is 13.2. The number of ether oxygens (including phenoxy) is 1. The Kier molecular flexibility index (Phi) is 10.2. The van der Waals surface area contributed by atoms with Crippen molar-refractivity contribution >= 4 is 63.6 Å². The molecule has 0 spiro atoms. The monoisotopic (exact) mass is 604 g/mol. The fourth-order valence-corrected chi connectivity index (χ4v) is 4.78. The third kappa shape index (κ3) is 7.46. The number of benzene rings is 3. The van der Waals surface area contributed by atoms with Gasteiger partial charge in [0.1, 0.15) is 17.9 Å². The van der Waals surface area contributed by atoms with Crippen LogP contribution in [0.2, 0.25) is 10.0 Å². The van der Waals surface area contributed by atoms with Crippen molar-refractivity contribution in [2.24, 2.45) is 0 Å². The zero-order valence-electron chi connectivity index (χ0n) is 23.4. The van der Waals surface area contributed by atoms with Crippen molar-refractivity contribution in [2.45, 2.75) is 20.0 Å². The first-order valence-corrected chi connectivity index (χ1v) is 13.9. The fraction of sp³-hybridized carbons (Fsp3) is 0.188. The van der Waals surface area contributed by atoms with Crippen molar-refractivity contribution in [3.63, 3.8) is 0 Å². The number of amides is 3. The molecular formula is C32H30Cl2N4O4. The largest absolute Gasteiger partial charge is 0.487 e. The van der Waals surface area contributed by atoms with Crippen LogP contribution in [-0.4, -0.2) is 43.3 Å². The second kappa shape index (κ2) is 14.0. The number of rotatable bonds is 10. The molecular weight excluding hydrogens is 575 g/mol. The van der Waals surface area contributed by atoms with Crippen LogP contribution < -0.4 is 20.3 Å². The molecule has 4 rings (SSSR count). The number of nitrogens with zero attached hydrogens (tertiary/aromatic N) is 2. The highest BCUT2D eigenvalue weighted by molar-refractivity contribution is 6.38. The SMILES string of the molecule is CNC(=O)c1ccc(C=CC(=O)NCCC(=O)N(C)c2ccc(Cl)c(COc3cccc4ccc(C)nc34)c2Cl)cc1. The van der Waals surface area contributed by atoms with Crippen molar-refractivity contribution < 1.29 is 19.1 Å². The van der Waals surface area contributed by atoms with Crippen LogP contribution in [0.15, 0.2) is 72.8 Å². The number of nitrogens with one attached hydrogen (secondary N) is 2. The van der Waals surface area contributed by atoms with Crippen LogP contribution in [-0.2, 0) is 16.2 Å². The van der Waals surface area contributed by atoms with Gasteiger partial charge in [0.2, 0.25) is 11.8 Å². The maximum absolute atomic E-state index is 12.9. The molecule has 8 nitrogen and oxygen atoms in total. The second-order valence-corrected chi connectivity index (χ2v) is 10.2. The van der Waals surface area contributed by atoms with Crippen LogP contribution in [0.1, 0.15) is 33.6 Å². The zero-order valence-corrected chi connectivity index (χ0v) is 24.9. The van der Waals surface area contributed by atoms with E-state index in [1.807, 2.05) is 37.3 Å². The Labute approximate surface area is 254 Å². The summed E-state index contributed by atoms with van der Waals surface area (Å²) in [6.45, 7) is 2.13. The standard InChI is InChI=1S/C32H30Cl2N4O4/c1-20-7-11-22-5-4-6-27(31(22)37-20)42-19-24-25(33)14-15-26(30(24)34)38(3)29(40)17-18-36-28(39)16-10-21-8-12-23(13-9-21)32(41)35-2/h4-16H,17-19H2,1-3H3,(H,35,41)(H,36,39). The first-order chi connectivity index (χ1) is 20.2. The number of hydrogen-bond acceptors (Lipinski definition) is 5. The van der Waals surface area contributed by atoms with Gasteiger partial charge in [0.05, 0.1) is 10.7 Å². The molecule has 0 radical (unpaired) electrons. The molecule has 0 unspecified atom stereocenters. The predicted molar refractivity (Wildman–Crippen MR) is 167 cm³/mol. The Bertz CT molecular complexity index is 1650. The van der Waals surface area contributed by atoms with Gasteiger partial charge in [0.15, 0.2) is 0 Å². The number of carbonyl (C=O) groups excluding carboxylic acids is 3. The Morgan fingerprint density at radius 3 is 2.50 bits per heavy atom. The normalized spacial score (nSPS) is 11.0. The molecule has 2 N–H and O–H groups in total. The zero-order chi connectivity index (χ0) is 30.2. The van der Waals surface area contributed by atoms with E-state index in [0.717, 1.165) is 22.2 Å². The van der Waals surface area contributed by atoms with Crippen molar-refractivity contribution in [3.05, 3.63) is 105 Å². The molecule has 0 aliphatic heterocycles. The number of para-hydroxylation sites is 1. The molecule has 0 fully saturated rings. The van der Waals surface area contributed by atoms with E-state index in [9.17, 15) is 14.4 Å². The number of carbonyl (C=O) groups is 3. The minimum atomic E-state index is -0.345. The van der Waals surface area contributed by atoms with E-state index in [4.69, 9.17) is 27.9 Å². The highest BCUT2D eigenvalue weighted by atomic mass is 35.5. The van der Waals surface area contributed by atoms with Crippen LogP contribution in [0.4, 0.5) is 5.69 Å². The fourth-order valence-electron chi connectivity index (χ4n) is 4.18. The average molecular weight is 606 g/mol. The van der Waals surface area contributed by atoms with Gasteiger partial charge in [-0.05, 0) is 55.0 Å². The summed E-state index contributed by atoms with van der Waals surface area (Å²) in [7, 11) is 3.18. The lowest BCUT2D eigenvalue weighted by molar-refractivity contribution is -0.118. The van der Waals surface area contributed by atoms with Gasteiger partial charge in [0.25, 0.3) is 5.91 Å². The van der Waals surface area contributed by atoms with Crippen molar-refractivity contribution in [1.29, 1.82) is 0 Å². The molecule has 0 saturated carbocycles. The van der Waals surface area contributed by atoms with Crippen LogP contribution >= 0.6 is 23.2 Å². The van der Waals surface area contributed by atoms with Crippen LogP contribution in [0.3, 0.4) is 0 Å². The predicted octanol–water partition coefficient (Wildman–Crippen LogP) is 5.97. The third-order valence-electron chi connectivity index (χ3n) is 6.56. The summed E-state index contributed by atoms with van der Waals surface area (Å²) in [4.78, 5) is 42.8. The molecule has 0 saturated heterocycles. The molecule has 3 amide bonds. The van der Waals surface area contributed by atoms with Gasteiger partial charge in [-0.15, -0.1) is 0 Å². The van der Waals surface area contributed by atoms with Gasteiger partial charge in [-0.1, -0.05) is 53.5 Å². The number of anilines is 1. The van der Waals surface area contributed by atoms with Gasteiger partial charge < -0.3 is 20.3 Å². The van der Waals surface area contributed by atoms with E-state index >= 15 is 0 Å². The Balaban J connectivity index is 1.34. The van der Waals surface area contributed by atoms with E-state index in [2.05, 4.69) is 15.6 Å². The topological polar surface area (TPSA) is 101 Å². The lowest BCUT2D eigenvalue weighted by atomic mass is 10.1. The number of halogens is 2. The van der Waals surface area contributed by atoms with Crippen LogP contribution in [0.5, 0.6) is 5.75 Å². The molecule has 4 aromatic rings. The summed E-state index contributed by atoms with van der Waals surface area (Å²) in [5.74, 6) is -0.170. The molecule has 42 heavy (non-hydrogen) atoms. The lowest BCUT2D eigenvalue weighted by Crippen LogP contribution is -2.31. The van der Waals surface area contributed by atoms with E-state index < -0.39 is 0 Å². The van der Waals surface area contributed by atoms with Crippen molar-refractivity contribution in [2.75, 3.05) is 25.5 Å². The third-order valence-corrected chi connectivity index (χ3v) is 7.34. The summed E-state index contributed by atoms with van der Waals surface area (Å²) in [6.07, 6.45) is 3.06. The van der Waals surface area contributed by atoms with Crippen LogP contribution in [0.25, 0.3) is 17.0 Å². The number of aromatic nitrogens is 1. The lowest BCUT2D eigenvalue weighted by Gasteiger charge is -2.21. The molecule has 10 heteroatoms. The van der Waals surface area contributed by atoms with Gasteiger partial charge in [-0.3, -0.25) is 14.4 Å². The number of aryl methyl sites for hydroxylation is 1. The van der Waals surface area contributed by atoms with Crippen LogP contribution in [0, 0.1) is 6.92 Å². The quantitative estimate of drug-likeness (QED) is 0.217. The molecule has 216 valence electrons. The van der Waals surface area contributed by atoms with E-state index in [-0.39, 0.29) is 37.3 Å². The van der Waals surface area contributed by atoms with Gasteiger partial charge in [-0.25, -0.2) is 4.98 Å². The number of hydrogen-bond donors (Lipinski definition) is 2. The van der Waals surface area contributed by atoms with E-state index in [1.54, 1.807) is 56.6 Å². The summed E-state index contributed by atoms with van der Waals surface area (Å²) < 4.78 is 6.08. The molecule has 0 aliphatic rings. The number of pyridine rings is 1. The first kappa shape index (κ1) is 30.6. The first-order valence-electron chi connectivity index (χ1n) is 13.2. The minimum Gasteiger partial charge on any atom is -0.487 e. The molecule has 1 heterocycles. The van der Waals surface area contributed by atoms with Gasteiger partial charge >= 0.3 is 0 Å². The smallest absolute Gasteiger partial charge is 0.251 e. The minimum absolute atomic E-state index is 0.0583. The van der Waals surface area contributed by atoms with Gasteiger partial charge in [-0.2, -0.15) is 0 Å². The van der Waals surface area contributed by atoms with Gasteiger partial charge in [0, 0.05) is 60.4 Å². The Morgan fingerprint density at radius 1 is 1.00 bits per heavy atom. The molecule has 0 aliphatic carbocycles. The highest BCUT2D eigenvalue weighted by Gasteiger charge is 2.19. The molecule has 0 bridgehead atoms. The molecule has 1 aromatic heterocycles. The van der Waals surface area contributed by atoms with Crippen molar-refractivity contribution in [3.8, 4) is 5.75 Å². The highest BCUT2D eigenvalue weighted by Crippen LogP contribution is 2.35. The second-order valence-electron chi connectivity index (χ2n) is 9.46. The maximum atomic E-state index is 12.9. The van der Waals surface area contributed by atoms with Crippen molar-refractivity contribution in [1.82, 2.24) is 15.6 Å². The van der Waals surface area contributed by atoms with E-state index in [0.29, 0.717) is 32.6 Å². The Hall–Kier alpha value is -4.40. The van der Waals surface area contributed by atoms with E-state index in [1.165, 1.54) is 11.0 Å². The maximum Gasteiger partial charge on any atom is 0.251 e. The Morgan fingerprint density at radius 2 is 1.76 bits per heavy atom. The molecule has 3 aromatic carbocycles. The average Bonchev–Trinajstić information content (AvgIpc) is 2.99.